The maximum Gasteiger partial charge on any atom is 0.128 e. The lowest BCUT2D eigenvalue weighted by atomic mass is 10.1. The summed E-state index contributed by atoms with van der Waals surface area (Å²) in [4.78, 5) is 6.95. The minimum Gasteiger partial charge on any atom is -0.383 e. The van der Waals surface area contributed by atoms with Crippen molar-refractivity contribution >= 4 is 11.5 Å². The molecule has 1 aliphatic heterocycles. The molecule has 2 heterocycles. The van der Waals surface area contributed by atoms with E-state index in [2.05, 4.69) is 34.3 Å². The number of methoxy groups -OCH3 is 1. The molecule has 0 aromatic carbocycles. The number of hydrogen-bond donors (Lipinski definition) is 1. The van der Waals surface area contributed by atoms with E-state index in [0.29, 0.717) is 6.04 Å². The number of rotatable bonds is 6. The van der Waals surface area contributed by atoms with Crippen LogP contribution in [0, 0.1) is 0 Å². The lowest BCUT2D eigenvalue weighted by Crippen LogP contribution is -2.30. The Morgan fingerprint density at radius 3 is 2.68 bits per heavy atom. The highest BCUT2D eigenvalue weighted by atomic mass is 16.5. The van der Waals surface area contributed by atoms with Crippen LogP contribution in [-0.4, -0.2) is 37.8 Å². The topological polar surface area (TPSA) is 37.4 Å². The Morgan fingerprint density at radius 1 is 1.32 bits per heavy atom. The lowest BCUT2D eigenvalue weighted by Gasteiger charge is -2.27. The fraction of sp³-hybridized carbons (Fsp3) is 0.667. The molecule has 19 heavy (non-hydrogen) atoms. The molecule has 0 saturated carbocycles. The number of nitrogens with one attached hydrogen (secondary N) is 1. The zero-order chi connectivity index (χ0) is 13.5. The summed E-state index contributed by atoms with van der Waals surface area (Å²) in [6, 6.07) is 4.59. The molecule has 1 unspecified atom stereocenters. The highest BCUT2D eigenvalue weighted by Gasteiger charge is 2.12. The molecular weight excluding hydrogens is 238 g/mol. The molecule has 1 N–H and O–H groups in total. The van der Waals surface area contributed by atoms with Crippen molar-refractivity contribution in [2.75, 3.05) is 37.0 Å². The quantitative estimate of drug-likeness (QED) is 0.856. The second-order valence-corrected chi connectivity index (χ2v) is 5.16. The number of piperidine rings is 1. The van der Waals surface area contributed by atoms with Crippen LogP contribution in [0.15, 0.2) is 18.3 Å². The van der Waals surface area contributed by atoms with Gasteiger partial charge >= 0.3 is 0 Å². The zero-order valence-corrected chi connectivity index (χ0v) is 12.1. The monoisotopic (exact) mass is 263 g/mol. The third-order valence-corrected chi connectivity index (χ3v) is 3.66. The summed E-state index contributed by atoms with van der Waals surface area (Å²) < 4.78 is 5.19. The van der Waals surface area contributed by atoms with Gasteiger partial charge in [-0.2, -0.15) is 0 Å². The SMILES string of the molecule is CCC(COC)Nc1ccc(N2CCCCC2)nc1. The number of ether oxygens (including phenoxy) is 1. The standard InChI is InChI=1S/C15H25N3O/c1-3-13(12-19-2)17-14-7-8-15(16-11-14)18-9-5-4-6-10-18/h7-8,11,13,17H,3-6,9-10,12H2,1-2H3. The fourth-order valence-corrected chi connectivity index (χ4v) is 2.48. The molecule has 1 aliphatic rings. The molecule has 1 aromatic rings. The van der Waals surface area contributed by atoms with E-state index in [1.165, 1.54) is 19.3 Å². The van der Waals surface area contributed by atoms with E-state index in [1.54, 1.807) is 7.11 Å². The molecule has 106 valence electrons. The summed E-state index contributed by atoms with van der Waals surface area (Å²) in [5, 5.41) is 3.45. The van der Waals surface area contributed by atoms with Crippen LogP contribution >= 0.6 is 0 Å². The first-order valence-electron chi connectivity index (χ1n) is 7.30. The van der Waals surface area contributed by atoms with Crippen LogP contribution in [-0.2, 0) is 4.74 Å². The second-order valence-electron chi connectivity index (χ2n) is 5.16. The molecule has 0 amide bonds. The molecule has 4 heteroatoms. The van der Waals surface area contributed by atoms with Gasteiger partial charge in [0.2, 0.25) is 0 Å². The van der Waals surface area contributed by atoms with E-state index in [4.69, 9.17) is 4.74 Å². The van der Waals surface area contributed by atoms with Crippen LogP contribution in [0.2, 0.25) is 0 Å². The van der Waals surface area contributed by atoms with Crippen molar-refractivity contribution in [3.63, 3.8) is 0 Å². The van der Waals surface area contributed by atoms with E-state index >= 15 is 0 Å². The van der Waals surface area contributed by atoms with Crippen molar-refractivity contribution in [1.82, 2.24) is 4.98 Å². The largest absolute Gasteiger partial charge is 0.383 e. The molecule has 0 radical (unpaired) electrons. The minimum absolute atomic E-state index is 0.354. The normalized spacial score (nSPS) is 17.3. The Bertz CT molecular complexity index is 360. The molecule has 0 bridgehead atoms. The Balaban J connectivity index is 1.93. The maximum absolute atomic E-state index is 5.19. The van der Waals surface area contributed by atoms with Gasteiger partial charge in [0, 0.05) is 26.2 Å². The van der Waals surface area contributed by atoms with E-state index in [0.717, 1.165) is 37.6 Å². The molecule has 1 aromatic heterocycles. The van der Waals surface area contributed by atoms with Gasteiger partial charge in [-0.05, 0) is 37.8 Å². The van der Waals surface area contributed by atoms with Gasteiger partial charge < -0.3 is 15.0 Å². The highest BCUT2D eigenvalue weighted by Crippen LogP contribution is 2.19. The predicted molar refractivity (Wildman–Crippen MR) is 79.9 cm³/mol. The average Bonchev–Trinajstić information content (AvgIpc) is 2.48. The molecule has 1 fully saturated rings. The van der Waals surface area contributed by atoms with Crippen molar-refractivity contribution in [1.29, 1.82) is 0 Å². The van der Waals surface area contributed by atoms with Crippen molar-refractivity contribution in [2.24, 2.45) is 0 Å². The molecule has 0 aliphatic carbocycles. The highest BCUT2D eigenvalue weighted by molar-refractivity contribution is 5.49. The smallest absolute Gasteiger partial charge is 0.128 e. The number of anilines is 2. The number of aromatic nitrogens is 1. The van der Waals surface area contributed by atoms with Gasteiger partial charge in [-0.15, -0.1) is 0 Å². The van der Waals surface area contributed by atoms with Crippen LogP contribution in [0.4, 0.5) is 11.5 Å². The Hall–Kier alpha value is -1.29. The Morgan fingerprint density at radius 2 is 2.11 bits per heavy atom. The van der Waals surface area contributed by atoms with Gasteiger partial charge in [0.15, 0.2) is 0 Å². The Labute approximate surface area is 116 Å². The van der Waals surface area contributed by atoms with Crippen molar-refractivity contribution < 1.29 is 4.74 Å². The first kappa shape index (κ1) is 14.1. The lowest BCUT2D eigenvalue weighted by molar-refractivity contribution is 0.184. The van der Waals surface area contributed by atoms with E-state index in [9.17, 15) is 0 Å². The zero-order valence-electron chi connectivity index (χ0n) is 12.1. The van der Waals surface area contributed by atoms with Crippen LogP contribution < -0.4 is 10.2 Å². The molecule has 2 rings (SSSR count). The third kappa shape index (κ3) is 4.10. The third-order valence-electron chi connectivity index (χ3n) is 3.66. The van der Waals surface area contributed by atoms with E-state index < -0.39 is 0 Å². The van der Waals surface area contributed by atoms with Crippen molar-refractivity contribution in [2.45, 2.75) is 38.6 Å². The first-order valence-corrected chi connectivity index (χ1v) is 7.30. The maximum atomic E-state index is 5.19. The van der Waals surface area contributed by atoms with Crippen molar-refractivity contribution in [3.05, 3.63) is 18.3 Å². The summed E-state index contributed by atoms with van der Waals surface area (Å²) in [5.74, 6) is 1.10. The van der Waals surface area contributed by atoms with Gasteiger partial charge in [0.1, 0.15) is 5.82 Å². The fourth-order valence-electron chi connectivity index (χ4n) is 2.48. The summed E-state index contributed by atoms with van der Waals surface area (Å²) >= 11 is 0. The summed E-state index contributed by atoms with van der Waals surface area (Å²) in [5.41, 5.74) is 1.07. The van der Waals surface area contributed by atoms with Gasteiger partial charge in [0.25, 0.3) is 0 Å². The Kier molecular flexibility index (Phi) is 5.45. The number of pyridine rings is 1. The second kappa shape index (κ2) is 7.34. The summed E-state index contributed by atoms with van der Waals surface area (Å²) in [7, 11) is 1.74. The van der Waals surface area contributed by atoms with Gasteiger partial charge in [-0.1, -0.05) is 6.92 Å². The van der Waals surface area contributed by atoms with Crippen LogP contribution in [0.1, 0.15) is 32.6 Å². The van der Waals surface area contributed by atoms with Gasteiger partial charge in [0.05, 0.1) is 18.5 Å². The van der Waals surface area contributed by atoms with Gasteiger partial charge in [-0.3, -0.25) is 0 Å². The van der Waals surface area contributed by atoms with E-state index in [-0.39, 0.29) is 0 Å². The number of nitrogens with zero attached hydrogens (tertiary/aromatic N) is 2. The summed E-state index contributed by atoms with van der Waals surface area (Å²) in [6.45, 7) is 5.17. The molecule has 1 saturated heterocycles. The average molecular weight is 263 g/mol. The van der Waals surface area contributed by atoms with Crippen LogP contribution in [0.25, 0.3) is 0 Å². The van der Waals surface area contributed by atoms with Crippen LogP contribution in [0.5, 0.6) is 0 Å². The van der Waals surface area contributed by atoms with E-state index in [1.807, 2.05) is 6.20 Å². The number of hydrogen-bond acceptors (Lipinski definition) is 4. The van der Waals surface area contributed by atoms with Crippen molar-refractivity contribution in [3.8, 4) is 0 Å². The molecular formula is C15H25N3O. The molecule has 1 atom stereocenters. The van der Waals surface area contributed by atoms with Crippen LogP contribution in [0.3, 0.4) is 0 Å². The van der Waals surface area contributed by atoms with Gasteiger partial charge in [-0.25, -0.2) is 4.98 Å². The minimum atomic E-state index is 0.354. The summed E-state index contributed by atoms with van der Waals surface area (Å²) in [6.07, 6.45) is 6.90. The predicted octanol–water partition coefficient (Wildman–Crippen LogP) is 2.91. The first-order chi connectivity index (χ1) is 9.33. The molecule has 4 nitrogen and oxygen atoms in total. The molecule has 0 spiro atoms.